The van der Waals surface area contributed by atoms with Crippen LogP contribution in [0.3, 0.4) is 0 Å². The number of nitrogens with one attached hydrogen (secondary N) is 1. The Kier molecular flexibility index (Phi) is 4.50. The lowest BCUT2D eigenvalue weighted by Crippen LogP contribution is -2.31. The number of carbonyl (C=O) groups is 1. The Balaban J connectivity index is 1.90. The molecule has 1 aliphatic heterocycles. The molecule has 0 bridgehead atoms. The van der Waals surface area contributed by atoms with Gasteiger partial charge in [0.15, 0.2) is 5.78 Å². The van der Waals surface area contributed by atoms with Crippen molar-refractivity contribution in [2.75, 3.05) is 13.7 Å². The van der Waals surface area contributed by atoms with Crippen molar-refractivity contribution < 1.29 is 9.53 Å². The van der Waals surface area contributed by atoms with Crippen molar-refractivity contribution in [1.29, 1.82) is 0 Å². The molecule has 0 radical (unpaired) electrons. The monoisotopic (exact) mass is 247 g/mol. The average Bonchev–Trinajstić information content (AvgIpc) is 2.88. The van der Waals surface area contributed by atoms with E-state index in [-0.39, 0.29) is 17.9 Å². The van der Waals surface area contributed by atoms with Gasteiger partial charge in [-0.1, -0.05) is 31.2 Å². The maximum atomic E-state index is 12.1. The molecule has 2 unspecified atom stereocenters. The Hall–Kier alpha value is -1.19. The zero-order valence-electron chi connectivity index (χ0n) is 11.1. The van der Waals surface area contributed by atoms with Crippen LogP contribution in [0, 0.1) is 0 Å². The number of rotatable bonds is 5. The largest absolute Gasteiger partial charge is 0.380 e. The number of Topliss-reactive ketones (excluding diaryl/α,β-unsaturated/α-hetero) is 1. The minimum absolute atomic E-state index is 0.0409. The predicted molar refractivity (Wildman–Crippen MR) is 71.7 cm³/mol. The number of benzene rings is 1. The lowest BCUT2D eigenvalue weighted by molar-refractivity contribution is -0.120. The molecular weight excluding hydrogens is 226 g/mol. The standard InChI is InChI=1S/C15H21NO2/c1-3-11-4-6-12(7-5-11)8-15(17)14-9-13(18-2)10-16-14/h4-7,13-14,16H,3,8-10H2,1-2H3. The Labute approximate surface area is 109 Å². The number of ketones is 1. The summed E-state index contributed by atoms with van der Waals surface area (Å²) in [5.74, 6) is 0.263. The highest BCUT2D eigenvalue weighted by atomic mass is 16.5. The van der Waals surface area contributed by atoms with E-state index in [4.69, 9.17) is 4.74 Å². The molecule has 1 aromatic carbocycles. The number of carbonyl (C=O) groups excluding carboxylic acids is 1. The van der Waals surface area contributed by atoms with E-state index in [1.54, 1.807) is 7.11 Å². The molecule has 0 aromatic heterocycles. The molecule has 2 rings (SSSR count). The molecule has 3 nitrogen and oxygen atoms in total. The topological polar surface area (TPSA) is 38.3 Å². The summed E-state index contributed by atoms with van der Waals surface area (Å²) in [5, 5.41) is 3.23. The Bertz CT molecular complexity index is 399. The molecule has 3 heteroatoms. The third-order valence-electron chi connectivity index (χ3n) is 3.62. The summed E-state index contributed by atoms with van der Waals surface area (Å²) in [6.45, 7) is 2.91. The van der Waals surface area contributed by atoms with Crippen molar-refractivity contribution in [2.45, 2.75) is 38.3 Å². The molecule has 18 heavy (non-hydrogen) atoms. The molecule has 0 saturated carbocycles. The summed E-state index contributed by atoms with van der Waals surface area (Å²) < 4.78 is 5.26. The zero-order valence-corrected chi connectivity index (χ0v) is 11.1. The molecule has 1 heterocycles. The molecule has 1 N–H and O–H groups in total. The summed E-state index contributed by atoms with van der Waals surface area (Å²) >= 11 is 0. The summed E-state index contributed by atoms with van der Waals surface area (Å²) in [5.41, 5.74) is 2.41. The first kappa shape index (κ1) is 13.2. The fraction of sp³-hybridized carbons (Fsp3) is 0.533. The lowest BCUT2D eigenvalue weighted by atomic mass is 10.0. The van der Waals surface area contributed by atoms with Gasteiger partial charge in [-0.2, -0.15) is 0 Å². The molecule has 0 spiro atoms. The molecule has 98 valence electrons. The normalized spacial score (nSPS) is 23.2. The van der Waals surface area contributed by atoms with Gasteiger partial charge in [0, 0.05) is 20.1 Å². The highest BCUT2D eigenvalue weighted by Crippen LogP contribution is 2.13. The van der Waals surface area contributed by atoms with Crippen LogP contribution in [0.5, 0.6) is 0 Å². The summed E-state index contributed by atoms with van der Waals surface area (Å²) in [6, 6.07) is 8.27. The second-order valence-electron chi connectivity index (χ2n) is 4.87. The van der Waals surface area contributed by atoms with E-state index in [9.17, 15) is 4.79 Å². The first-order valence-corrected chi connectivity index (χ1v) is 6.59. The molecule has 1 aromatic rings. The van der Waals surface area contributed by atoms with Gasteiger partial charge in [0.2, 0.25) is 0 Å². The van der Waals surface area contributed by atoms with Gasteiger partial charge in [-0.3, -0.25) is 4.79 Å². The minimum Gasteiger partial charge on any atom is -0.380 e. The lowest BCUT2D eigenvalue weighted by Gasteiger charge is -2.09. The van der Waals surface area contributed by atoms with Gasteiger partial charge in [0.25, 0.3) is 0 Å². The van der Waals surface area contributed by atoms with Crippen LogP contribution in [0.2, 0.25) is 0 Å². The second-order valence-corrected chi connectivity index (χ2v) is 4.87. The van der Waals surface area contributed by atoms with Crippen molar-refractivity contribution in [3.05, 3.63) is 35.4 Å². The van der Waals surface area contributed by atoms with Crippen LogP contribution in [0.15, 0.2) is 24.3 Å². The van der Waals surface area contributed by atoms with Gasteiger partial charge in [0.05, 0.1) is 12.1 Å². The van der Waals surface area contributed by atoms with Crippen LogP contribution in [-0.4, -0.2) is 31.6 Å². The molecule has 0 aliphatic carbocycles. The van der Waals surface area contributed by atoms with Gasteiger partial charge in [0.1, 0.15) is 0 Å². The van der Waals surface area contributed by atoms with Crippen LogP contribution < -0.4 is 5.32 Å². The Morgan fingerprint density at radius 2 is 2.00 bits per heavy atom. The van der Waals surface area contributed by atoms with E-state index in [1.165, 1.54) is 5.56 Å². The molecular formula is C15H21NO2. The molecule has 1 aliphatic rings. The molecule has 1 fully saturated rings. The van der Waals surface area contributed by atoms with E-state index in [1.807, 2.05) is 0 Å². The number of hydrogen-bond acceptors (Lipinski definition) is 3. The predicted octanol–water partition coefficient (Wildman–Crippen LogP) is 1.74. The Morgan fingerprint density at radius 1 is 1.33 bits per heavy atom. The molecule has 1 saturated heterocycles. The van der Waals surface area contributed by atoms with Crippen LogP contribution in [0.1, 0.15) is 24.5 Å². The van der Waals surface area contributed by atoms with Gasteiger partial charge in [-0.15, -0.1) is 0 Å². The van der Waals surface area contributed by atoms with E-state index in [0.717, 1.165) is 24.9 Å². The highest BCUT2D eigenvalue weighted by molar-refractivity contribution is 5.86. The fourth-order valence-corrected chi connectivity index (χ4v) is 2.35. The van der Waals surface area contributed by atoms with Crippen molar-refractivity contribution in [3.8, 4) is 0 Å². The molecule has 2 atom stereocenters. The number of ether oxygens (including phenoxy) is 1. The van der Waals surface area contributed by atoms with Crippen molar-refractivity contribution in [2.24, 2.45) is 0 Å². The maximum absolute atomic E-state index is 12.1. The molecule has 0 amide bonds. The van der Waals surface area contributed by atoms with E-state index < -0.39 is 0 Å². The van der Waals surface area contributed by atoms with Crippen molar-refractivity contribution in [3.63, 3.8) is 0 Å². The first-order valence-electron chi connectivity index (χ1n) is 6.59. The second kappa shape index (κ2) is 6.12. The number of aryl methyl sites for hydroxylation is 1. The SMILES string of the molecule is CCc1ccc(CC(=O)C2CC(OC)CN2)cc1. The maximum Gasteiger partial charge on any atom is 0.154 e. The third kappa shape index (κ3) is 3.18. The summed E-state index contributed by atoms with van der Waals surface area (Å²) in [7, 11) is 1.70. The van der Waals surface area contributed by atoms with Crippen molar-refractivity contribution in [1.82, 2.24) is 5.32 Å². The van der Waals surface area contributed by atoms with E-state index >= 15 is 0 Å². The van der Waals surface area contributed by atoms with Gasteiger partial charge in [-0.25, -0.2) is 0 Å². The Morgan fingerprint density at radius 3 is 2.56 bits per heavy atom. The average molecular weight is 247 g/mol. The highest BCUT2D eigenvalue weighted by Gasteiger charge is 2.28. The smallest absolute Gasteiger partial charge is 0.154 e. The summed E-state index contributed by atoms with van der Waals surface area (Å²) in [4.78, 5) is 12.1. The number of hydrogen-bond donors (Lipinski definition) is 1. The quantitative estimate of drug-likeness (QED) is 0.861. The van der Waals surface area contributed by atoms with Gasteiger partial charge < -0.3 is 10.1 Å². The van der Waals surface area contributed by atoms with E-state index in [2.05, 4.69) is 36.5 Å². The minimum atomic E-state index is -0.0409. The van der Waals surface area contributed by atoms with Gasteiger partial charge in [-0.05, 0) is 24.0 Å². The van der Waals surface area contributed by atoms with Gasteiger partial charge >= 0.3 is 0 Å². The number of methoxy groups -OCH3 is 1. The van der Waals surface area contributed by atoms with E-state index in [0.29, 0.717) is 6.42 Å². The van der Waals surface area contributed by atoms with Crippen LogP contribution >= 0.6 is 0 Å². The fourth-order valence-electron chi connectivity index (χ4n) is 2.35. The van der Waals surface area contributed by atoms with Crippen LogP contribution in [0.4, 0.5) is 0 Å². The zero-order chi connectivity index (χ0) is 13.0. The third-order valence-corrected chi connectivity index (χ3v) is 3.62. The first-order chi connectivity index (χ1) is 8.72. The van der Waals surface area contributed by atoms with Crippen molar-refractivity contribution >= 4 is 5.78 Å². The van der Waals surface area contributed by atoms with Crippen LogP contribution in [0.25, 0.3) is 0 Å². The summed E-state index contributed by atoms with van der Waals surface area (Å²) in [6.07, 6.45) is 2.52. The van der Waals surface area contributed by atoms with Crippen LogP contribution in [-0.2, 0) is 22.4 Å².